The molecule has 0 heterocycles. The summed E-state index contributed by atoms with van der Waals surface area (Å²) in [7, 11) is 3.98. The van der Waals surface area contributed by atoms with Crippen LogP contribution in [0.2, 0.25) is 0 Å². The fraction of sp³-hybridized carbons (Fsp3) is 0.300. The number of nitrogens with zero attached hydrogens (tertiary/aromatic N) is 1. The molecule has 0 fully saturated rings. The van der Waals surface area contributed by atoms with Gasteiger partial charge in [-0.2, -0.15) is 0 Å². The van der Waals surface area contributed by atoms with Crippen molar-refractivity contribution in [3.63, 3.8) is 0 Å². The van der Waals surface area contributed by atoms with Gasteiger partial charge in [0.2, 0.25) is 5.91 Å². The molecule has 132 valence electrons. The van der Waals surface area contributed by atoms with Crippen LogP contribution in [0.1, 0.15) is 44.8 Å². The van der Waals surface area contributed by atoms with Crippen molar-refractivity contribution in [1.82, 2.24) is 10.2 Å². The van der Waals surface area contributed by atoms with Gasteiger partial charge in [0, 0.05) is 17.7 Å². The summed E-state index contributed by atoms with van der Waals surface area (Å²) in [6, 6.07) is 14.9. The number of hydrogen-bond acceptors (Lipinski definition) is 3. The highest BCUT2D eigenvalue weighted by atomic mass is 16.2. The number of carbonyl (C=O) groups excluding carboxylic acids is 2. The smallest absolute Gasteiger partial charge is 0.251 e. The molecule has 0 radical (unpaired) electrons. The van der Waals surface area contributed by atoms with Crippen LogP contribution in [0.4, 0.5) is 0 Å². The summed E-state index contributed by atoms with van der Waals surface area (Å²) in [5.41, 5.74) is 8.55. The van der Waals surface area contributed by atoms with Crippen LogP contribution < -0.4 is 11.1 Å². The molecule has 5 heteroatoms. The van der Waals surface area contributed by atoms with Crippen molar-refractivity contribution in [3.05, 3.63) is 70.8 Å². The van der Waals surface area contributed by atoms with E-state index < -0.39 is 5.91 Å². The molecule has 0 saturated carbocycles. The first-order chi connectivity index (χ1) is 11.9. The van der Waals surface area contributed by atoms with Crippen LogP contribution in [0.25, 0.3) is 0 Å². The number of primary amides is 1. The van der Waals surface area contributed by atoms with E-state index in [0.717, 1.165) is 12.0 Å². The average Bonchev–Trinajstić information content (AvgIpc) is 2.62. The summed E-state index contributed by atoms with van der Waals surface area (Å²) >= 11 is 0. The van der Waals surface area contributed by atoms with Crippen molar-refractivity contribution in [2.75, 3.05) is 20.6 Å². The predicted molar refractivity (Wildman–Crippen MR) is 99.5 cm³/mol. The van der Waals surface area contributed by atoms with E-state index in [0.29, 0.717) is 17.7 Å². The number of aryl methyl sites for hydroxylation is 1. The minimum absolute atomic E-state index is 0.0831. The minimum Gasteiger partial charge on any atom is -0.366 e. The molecule has 3 N–H and O–H groups in total. The van der Waals surface area contributed by atoms with Crippen LogP contribution in [0, 0.1) is 0 Å². The number of nitrogens with one attached hydrogen (secondary N) is 1. The van der Waals surface area contributed by atoms with Gasteiger partial charge in [-0.3, -0.25) is 9.59 Å². The zero-order chi connectivity index (χ0) is 18.4. The third-order valence-electron chi connectivity index (χ3n) is 4.28. The Hall–Kier alpha value is -2.66. The van der Waals surface area contributed by atoms with Crippen molar-refractivity contribution < 1.29 is 9.59 Å². The molecule has 2 aromatic rings. The Morgan fingerprint density at radius 2 is 1.56 bits per heavy atom. The molecule has 2 rings (SSSR count). The van der Waals surface area contributed by atoms with Crippen molar-refractivity contribution >= 4 is 11.8 Å². The molecule has 0 spiro atoms. The fourth-order valence-electron chi connectivity index (χ4n) is 2.65. The number of nitrogens with two attached hydrogens (primary N) is 1. The zero-order valence-electron chi connectivity index (χ0n) is 15.0. The maximum atomic E-state index is 12.3. The van der Waals surface area contributed by atoms with Crippen molar-refractivity contribution in [3.8, 4) is 0 Å². The lowest BCUT2D eigenvalue weighted by molar-refractivity contribution is 0.0939. The first-order valence-corrected chi connectivity index (χ1v) is 8.35. The van der Waals surface area contributed by atoms with Crippen LogP contribution >= 0.6 is 0 Å². The number of likely N-dealkylation sites (N-methyl/N-ethyl adjacent to an activating group) is 1. The van der Waals surface area contributed by atoms with Crippen LogP contribution in [0.5, 0.6) is 0 Å². The Kier molecular flexibility index (Phi) is 6.31. The van der Waals surface area contributed by atoms with E-state index in [4.69, 9.17) is 5.73 Å². The molecule has 25 heavy (non-hydrogen) atoms. The number of benzene rings is 2. The second-order valence-electron chi connectivity index (χ2n) is 6.23. The van der Waals surface area contributed by atoms with Gasteiger partial charge in [-0.25, -0.2) is 0 Å². The maximum absolute atomic E-state index is 12.3. The fourth-order valence-corrected chi connectivity index (χ4v) is 2.65. The van der Waals surface area contributed by atoms with Gasteiger partial charge in [-0.1, -0.05) is 31.2 Å². The molecule has 5 nitrogen and oxygen atoms in total. The van der Waals surface area contributed by atoms with Crippen LogP contribution in [0.15, 0.2) is 48.5 Å². The standard InChI is InChI=1S/C20H25N3O2/c1-4-14-5-7-15(8-6-14)18(23(2)3)13-22-20(25)17-11-9-16(10-12-17)19(21)24/h5-12,18H,4,13H2,1-3H3,(H2,21,24)(H,22,25). The van der Waals surface area contributed by atoms with Gasteiger partial charge in [-0.15, -0.1) is 0 Å². The summed E-state index contributed by atoms with van der Waals surface area (Å²) < 4.78 is 0. The molecule has 0 aliphatic carbocycles. The number of carbonyl (C=O) groups is 2. The lowest BCUT2D eigenvalue weighted by Crippen LogP contribution is -2.34. The molecular weight excluding hydrogens is 314 g/mol. The molecular formula is C20H25N3O2. The highest BCUT2D eigenvalue weighted by molar-refractivity contribution is 5.97. The van der Waals surface area contributed by atoms with E-state index in [2.05, 4.69) is 41.4 Å². The third kappa shape index (κ3) is 4.90. The van der Waals surface area contributed by atoms with E-state index in [1.54, 1.807) is 24.3 Å². The van der Waals surface area contributed by atoms with Crippen molar-refractivity contribution in [1.29, 1.82) is 0 Å². The van der Waals surface area contributed by atoms with Gasteiger partial charge >= 0.3 is 0 Å². The zero-order valence-corrected chi connectivity index (χ0v) is 15.0. The Morgan fingerprint density at radius 1 is 1.00 bits per heavy atom. The van der Waals surface area contributed by atoms with E-state index >= 15 is 0 Å². The van der Waals surface area contributed by atoms with Gasteiger partial charge in [0.1, 0.15) is 0 Å². The second kappa shape index (κ2) is 8.44. The molecule has 0 aromatic heterocycles. The molecule has 1 unspecified atom stereocenters. The predicted octanol–water partition coefficient (Wildman–Crippen LogP) is 2.38. The van der Waals surface area contributed by atoms with Gasteiger partial charge < -0.3 is 16.0 Å². The SMILES string of the molecule is CCc1ccc(C(CNC(=O)c2ccc(C(N)=O)cc2)N(C)C)cc1. The lowest BCUT2D eigenvalue weighted by Gasteiger charge is -2.25. The summed E-state index contributed by atoms with van der Waals surface area (Å²) in [4.78, 5) is 25.5. The molecule has 1 atom stereocenters. The van der Waals surface area contributed by atoms with E-state index in [-0.39, 0.29) is 11.9 Å². The monoisotopic (exact) mass is 339 g/mol. The Bertz CT molecular complexity index is 722. The number of rotatable bonds is 7. The Balaban J connectivity index is 2.04. The molecule has 0 saturated heterocycles. The lowest BCUT2D eigenvalue weighted by atomic mass is 10.0. The molecule has 0 bridgehead atoms. The largest absolute Gasteiger partial charge is 0.366 e. The van der Waals surface area contributed by atoms with E-state index in [1.165, 1.54) is 5.56 Å². The minimum atomic E-state index is -0.504. The molecule has 2 aromatic carbocycles. The highest BCUT2D eigenvalue weighted by Gasteiger charge is 2.16. The summed E-state index contributed by atoms with van der Waals surface area (Å²) in [5.74, 6) is -0.678. The van der Waals surface area contributed by atoms with E-state index in [9.17, 15) is 9.59 Å². The van der Waals surface area contributed by atoms with Gasteiger partial charge in [-0.05, 0) is 55.9 Å². The number of hydrogen-bond donors (Lipinski definition) is 2. The molecule has 0 aliphatic rings. The summed E-state index contributed by atoms with van der Waals surface area (Å²) in [6.45, 7) is 2.62. The van der Waals surface area contributed by atoms with Crippen LogP contribution in [-0.2, 0) is 6.42 Å². The van der Waals surface area contributed by atoms with Crippen molar-refractivity contribution in [2.24, 2.45) is 5.73 Å². The van der Waals surface area contributed by atoms with Gasteiger partial charge in [0.05, 0.1) is 6.04 Å². The quantitative estimate of drug-likeness (QED) is 0.813. The maximum Gasteiger partial charge on any atom is 0.251 e. The van der Waals surface area contributed by atoms with Gasteiger partial charge in [0.15, 0.2) is 0 Å². The molecule has 0 aliphatic heterocycles. The topological polar surface area (TPSA) is 75.4 Å². The van der Waals surface area contributed by atoms with Gasteiger partial charge in [0.25, 0.3) is 5.91 Å². The number of amides is 2. The van der Waals surface area contributed by atoms with Crippen LogP contribution in [0.3, 0.4) is 0 Å². The highest BCUT2D eigenvalue weighted by Crippen LogP contribution is 2.18. The van der Waals surface area contributed by atoms with E-state index in [1.807, 2.05) is 14.1 Å². The third-order valence-corrected chi connectivity index (χ3v) is 4.28. The first kappa shape index (κ1) is 18.7. The van der Waals surface area contributed by atoms with Crippen LogP contribution in [-0.4, -0.2) is 37.4 Å². The Morgan fingerprint density at radius 3 is 2.04 bits per heavy atom. The van der Waals surface area contributed by atoms with Crippen molar-refractivity contribution in [2.45, 2.75) is 19.4 Å². The average molecular weight is 339 g/mol. The Labute approximate surface area is 148 Å². The summed E-state index contributed by atoms with van der Waals surface area (Å²) in [5, 5.41) is 2.96. The second-order valence-corrected chi connectivity index (χ2v) is 6.23. The first-order valence-electron chi connectivity index (χ1n) is 8.35. The summed E-state index contributed by atoms with van der Waals surface area (Å²) in [6.07, 6.45) is 1.00. The molecule has 2 amide bonds. The normalized spacial score (nSPS) is 12.0.